The maximum atomic E-state index is 6.00. The molecule has 0 saturated heterocycles. The average molecular weight is 489 g/mol. The molecule has 36 heavy (non-hydrogen) atoms. The molecule has 0 fully saturated rings. The van der Waals surface area contributed by atoms with E-state index in [1.807, 2.05) is 11.6 Å². The van der Waals surface area contributed by atoms with Crippen LogP contribution in [-0.2, 0) is 0 Å². The monoisotopic (exact) mass is 488 g/mol. The second-order valence-corrected chi connectivity index (χ2v) is 11.2. The summed E-state index contributed by atoms with van der Waals surface area (Å²) >= 11 is 0. The van der Waals surface area contributed by atoms with Crippen molar-refractivity contribution in [3.05, 3.63) is 71.3 Å². The predicted octanol–water partition coefficient (Wildman–Crippen LogP) is 10.8. The molecule has 0 heterocycles. The molecule has 2 aromatic carbocycles. The molecular weight excluding hydrogens is 436 g/mol. The van der Waals surface area contributed by atoms with Gasteiger partial charge in [0.15, 0.2) is 0 Å². The summed E-state index contributed by atoms with van der Waals surface area (Å²) in [5.41, 5.74) is 6.90. The minimum atomic E-state index is 0.378. The van der Waals surface area contributed by atoms with Crippen molar-refractivity contribution in [3.8, 4) is 5.75 Å². The molecule has 3 rings (SSSR count). The molecule has 0 saturated carbocycles. The van der Waals surface area contributed by atoms with Crippen LogP contribution in [0, 0.1) is 24.2 Å². The van der Waals surface area contributed by atoms with Crippen molar-refractivity contribution in [2.75, 3.05) is 6.61 Å². The third-order valence-corrected chi connectivity index (χ3v) is 8.99. The molecule has 3 atom stereocenters. The lowest BCUT2D eigenvalue weighted by Gasteiger charge is -2.49. The van der Waals surface area contributed by atoms with Crippen molar-refractivity contribution in [2.24, 2.45) is 17.3 Å². The Hall–Kier alpha value is -2.02. The molecule has 0 bridgehead atoms. The molecule has 0 spiro atoms. The maximum Gasteiger partial charge on any atom is 0.119 e. The van der Waals surface area contributed by atoms with Crippen LogP contribution in [0.5, 0.6) is 5.75 Å². The molecule has 0 radical (unpaired) electrons. The fourth-order valence-corrected chi connectivity index (χ4v) is 7.12. The molecule has 0 aliphatic heterocycles. The van der Waals surface area contributed by atoms with Gasteiger partial charge in [0.25, 0.3) is 0 Å². The SMILES string of the molecule is CCCC1=C(c2ccccc2C)CCC(CC)C1(CCC)CCC(CC)CCCOc1ccccc1. The lowest BCUT2D eigenvalue weighted by Crippen LogP contribution is -2.37. The van der Waals surface area contributed by atoms with E-state index in [1.165, 1.54) is 81.8 Å². The van der Waals surface area contributed by atoms with Gasteiger partial charge in [0, 0.05) is 0 Å². The van der Waals surface area contributed by atoms with E-state index in [9.17, 15) is 0 Å². The molecular formula is C35H52O. The third-order valence-electron chi connectivity index (χ3n) is 8.99. The molecule has 0 N–H and O–H groups in total. The third kappa shape index (κ3) is 7.05. The summed E-state index contributed by atoms with van der Waals surface area (Å²) in [6.45, 7) is 12.8. The highest BCUT2D eigenvalue weighted by Gasteiger charge is 2.43. The minimum Gasteiger partial charge on any atom is -0.494 e. The van der Waals surface area contributed by atoms with Crippen LogP contribution in [0.15, 0.2) is 60.2 Å². The average Bonchev–Trinajstić information content (AvgIpc) is 2.90. The zero-order chi connectivity index (χ0) is 25.8. The van der Waals surface area contributed by atoms with Gasteiger partial charge in [-0.1, -0.05) is 101 Å². The van der Waals surface area contributed by atoms with E-state index in [1.54, 1.807) is 5.57 Å². The highest BCUT2D eigenvalue weighted by atomic mass is 16.5. The predicted molar refractivity (Wildman–Crippen MR) is 158 cm³/mol. The summed E-state index contributed by atoms with van der Waals surface area (Å²) in [5.74, 6) is 2.62. The molecule has 3 unspecified atom stereocenters. The number of aryl methyl sites for hydroxylation is 1. The van der Waals surface area contributed by atoms with Crippen LogP contribution in [0.2, 0.25) is 0 Å². The number of rotatable bonds is 15. The highest BCUT2D eigenvalue weighted by Crippen LogP contribution is 2.56. The van der Waals surface area contributed by atoms with E-state index in [2.05, 4.69) is 83.1 Å². The van der Waals surface area contributed by atoms with Gasteiger partial charge in [0.1, 0.15) is 5.75 Å². The Labute approximate surface area is 222 Å². The first kappa shape index (κ1) is 28.5. The van der Waals surface area contributed by atoms with Gasteiger partial charge in [-0.25, -0.2) is 0 Å². The first-order chi connectivity index (χ1) is 17.6. The van der Waals surface area contributed by atoms with Crippen LogP contribution < -0.4 is 4.74 Å². The van der Waals surface area contributed by atoms with Gasteiger partial charge in [0.2, 0.25) is 0 Å². The van der Waals surface area contributed by atoms with Crippen LogP contribution in [-0.4, -0.2) is 6.61 Å². The largest absolute Gasteiger partial charge is 0.494 e. The van der Waals surface area contributed by atoms with E-state index < -0.39 is 0 Å². The summed E-state index contributed by atoms with van der Waals surface area (Å²) < 4.78 is 6.00. The molecule has 0 amide bonds. The van der Waals surface area contributed by atoms with Crippen LogP contribution in [0.3, 0.4) is 0 Å². The van der Waals surface area contributed by atoms with Gasteiger partial charge in [-0.2, -0.15) is 0 Å². The quantitative estimate of drug-likeness (QED) is 0.226. The smallest absolute Gasteiger partial charge is 0.119 e. The van der Waals surface area contributed by atoms with Gasteiger partial charge in [-0.3, -0.25) is 0 Å². The van der Waals surface area contributed by atoms with E-state index in [-0.39, 0.29) is 0 Å². The molecule has 198 valence electrons. The molecule has 1 aliphatic carbocycles. The van der Waals surface area contributed by atoms with E-state index in [0.717, 1.165) is 30.6 Å². The van der Waals surface area contributed by atoms with Gasteiger partial charge >= 0.3 is 0 Å². The van der Waals surface area contributed by atoms with Crippen molar-refractivity contribution in [1.82, 2.24) is 0 Å². The number of hydrogen-bond acceptors (Lipinski definition) is 1. The lowest BCUT2D eigenvalue weighted by atomic mass is 9.56. The second-order valence-electron chi connectivity index (χ2n) is 11.2. The fraction of sp³-hybridized carbons (Fsp3) is 0.600. The van der Waals surface area contributed by atoms with Crippen LogP contribution in [0.1, 0.15) is 116 Å². The lowest BCUT2D eigenvalue weighted by molar-refractivity contribution is 0.131. The Morgan fingerprint density at radius 3 is 2.31 bits per heavy atom. The first-order valence-corrected chi connectivity index (χ1v) is 15.1. The van der Waals surface area contributed by atoms with Crippen LogP contribution in [0.4, 0.5) is 0 Å². The van der Waals surface area contributed by atoms with Crippen molar-refractivity contribution < 1.29 is 4.74 Å². The maximum absolute atomic E-state index is 6.00. The standard InChI is InChI=1S/C35H52O/c1-6-16-34-33(32-21-14-13-17-28(32)5)23-22-30(9-4)35(34,25-7-2)26-24-29(8-3)18-15-27-36-31-19-11-10-12-20-31/h10-14,17,19-21,29-30H,6-9,15-16,18,22-27H2,1-5H3. The van der Waals surface area contributed by atoms with Crippen molar-refractivity contribution in [1.29, 1.82) is 0 Å². The Morgan fingerprint density at radius 1 is 0.889 bits per heavy atom. The summed E-state index contributed by atoms with van der Waals surface area (Å²) in [4.78, 5) is 0. The minimum absolute atomic E-state index is 0.378. The van der Waals surface area contributed by atoms with E-state index in [4.69, 9.17) is 4.74 Å². The number of hydrogen-bond donors (Lipinski definition) is 0. The van der Waals surface area contributed by atoms with E-state index in [0.29, 0.717) is 5.41 Å². The summed E-state index contributed by atoms with van der Waals surface area (Å²) in [7, 11) is 0. The van der Waals surface area contributed by atoms with Gasteiger partial charge in [-0.05, 0) is 104 Å². The number of benzene rings is 2. The second kappa shape index (κ2) is 14.7. The first-order valence-electron chi connectivity index (χ1n) is 15.1. The number of para-hydroxylation sites is 1. The summed E-state index contributed by atoms with van der Waals surface area (Å²) in [6, 6.07) is 19.4. The van der Waals surface area contributed by atoms with Gasteiger partial charge in [0.05, 0.1) is 6.61 Å². The molecule has 1 heteroatoms. The highest BCUT2D eigenvalue weighted by molar-refractivity contribution is 5.73. The van der Waals surface area contributed by atoms with Crippen LogP contribution in [0.25, 0.3) is 5.57 Å². The van der Waals surface area contributed by atoms with Crippen molar-refractivity contribution in [3.63, 3.8) is 0 Å². The molecule has 0 aromatic heterocycles. The Morgan fingerprint density at radius 2 is 1.64 bits per heavy atom. The summed E-state index contributed by atoms with van der Waals surface area (Å²) in [6.07, 6.45) is 15.5. The zero-order valence-electron chi connectivity index (χ0n) is 24.0. The van der Waals surface area contributed by atoms with Crippen LogP contribution >= 0.6 is 0 Å². The summed E-state index contributed by atoms with van der Waals surface area (Å²) in [5, 5.41) is 0. The Kier molecular flexibility index (Phi) is 11.6. The van der Waals surface area contributed by atoms with Gasteiger partial charge < -0.3 is 4.74 Å². The Balaban J connectivity index is 1.80. The molecule has 1 nitrogen and oxygen atoms in total. The normalized spacial score (nSPS) is 21.0. The van der Waals surface area contributed by atoms with Crippen molar-refractivity contribution >= 4 is 5.57 Å². The van der Waals surface area contributed by atoms with E-state index >= 15 is 0 Å². The zero-order valence-corrected chi connectivity index (χ0v) is 24.0. The van der Waals surface area contributed by atoms with Crippen molar-refractivity contribution in [2.45, 2.75) is 112 Å². The fourth-order valence-electron chi connectivity index (χ4n) is 7.12. The number of ether oxygens (including phenoxy) is 1. The topological polar surface area (TPSA) is 9.23 Å². The molecule has 2 aromatic rings. The number of allylic oxidation sites excluding steroid dienone is 2. The molecule has 1 aliphatic rings. The van der Waals surface area contributed by atoms with Gasteiger partial charge in [-0.15, -0.1) is 0 Å². The Bertz CT molecular complexity index is 927.